The fraction of sp³-hybridized carbons (Fsp3) is 0.235. The summed E-state index contributed by atoms with van der Waals surface area (Å²) in [5, 5.41) is 11.4. The SMILES string of the molecule is CCC(C(=O)Nc1cccc(Cn2cc(Br)cn2)c1)n1cc(Br)cn1. The highest BCUT2D eigenvalue weighted by atomic mass is 79.9. The molecular weight excluding hydrogens is 450 g/mol. The van der Waals surface area contributed by atoms with E-state index in [2.05, 4.69) is 47.4 Å². The molecule has 0 aliphatic heterocycles. The van der Waals surface area contributed by atoms with Gasteiger partial charge in [-0.2, -0.15) is 10.2 Å². The monoisotopic (exact) mass is 465 g/mol. The number of amides is 1. The van der Waals surface area contributed by atoms with Crippen LogP contribution < -0.4 is 5.32 Å². The highest BCUT2D eigenvalue weighted by Gasteiger charge is 2.19. The summed E-state index contributed by atoms with van der Waals surface area (Å²) in [7, 11) is 0. The summed E-state index contributed by atoms with van der Waals surface area (Å²) in [6, 6.07) is 7.42. The highest BCUT2D eigenvalue weighted by Crippen LogP contribution is 2.19. The number of carbonyl (C=O) groups is 1. The molecule has 0 aliphatic rings. The third-order valence-corrected chi connectivity index (χ3v) is 4.54. The van der Waals surface area contributed by atoms with Gasteiger partial charge >= 0.3 is 0 Å². The molecule has 1 unspecified atom stereocenters. The van der Waals surface area contributed by atoms with Gasteiger partial charge in [-0.25, -0.2) is 0 Å². The Morgan fingerprint density at radius 3 is 2.60 bits per heavy atom. The lowest BCUT2D eigenvalue weighted by Gasteiger charge is -2.16. The molecule has 3 aromatic rings. The zero-order valence-electron chi connectivity index (χ0n) is 13.6. The largest absolute Gasteiger partial charge is 0.324 e. The Labute approximate surface area is 162 Å². The Morgan fingerprint density at radius 1 is 1.20 bits per heavy atom. The maximum absolute atomic E-state index is 12.6. The van der Waals surface area contributed by atoms with E-state index in [9.17, 15) is 4.79 Å². The quantitative estimate of drug-likeness (QED) is 0.590. The summed E-state index contributed by atoms with van der Waals surface area (Å²) in [5.41, 5.74) is 1.82. The van der Waals surface area contributed by atoms with E-state index < -0.39 is 0 Å². The molecule has 0 bridgehead atoms. The lowest BCUT2D eigenvalue weighted by Crippen LogP contribution is -2.26. The Hall–Kier alpha value is -1.93. The van der Waals surface area contributed by atoms with E-state index in [1.165, 1.54) is 0 Å². The van der Waals surface area contributed by atoms with Gasteiger partial charge in [-0.05, 0) is 56.0 Å². The number of benzene rings is 1. The number of rotatable bonds is 6. The van der Waals surface area contributed by atoms with E-state index in [0.717, 1.165) is 20.2 Å². The van der Waals surface area contributed by atoms with Crippen LogP contribution in [0.2, 0.25) is 0 Å². The Balaban J connectivity index is 1.71. The number of halogens is 2. The minimum atomic E-state index is -0.350. The first-order valence-corrected chi connectivity index (χ1v) is 9.41. The maximum atomic E-state index is 12.6. The number of anilines is 1. The van der Waals surface area contributed by atoms with Gasteiger partial charge in [0.1, 0.15) is 6.04 Å². The van der Waals surface area contributed by atoms with Crippen molar-refractivity contribution >= 4 is 43.5 Å². The van der Waals surface area contributed by atoms with Gasteiger partial charge in [-0.3, -0.25) is 14.2 Å². The van der Waals surface area contributed by atoms with Gasteiger partial charge < -0.3 is 5.32 Å². The third-order valence-electron chi connectivity index (χ3n) is 3.72. The van der Waals surface area contributed by atoms with Crippen molar-refractivity contribution in [1.82, 2.24) is 19.6 Å². The molecule has 8 heteroatoms. The molecule has 3 rings (SSSR count). The van der Waals surface area contributed by atoms with Crippen molar-refractivity contribution in [2.45, 2.75) is 25.9 Å². The van der Waals surface area contributed by atoms with Crippen LogP contribution in [0.5, 0.6) is 0 Å². The van der Waals surface area contributed by atoms with Crippen molar-refractivity contribution < 1.29 is 4.79 Å². The van der Waals surface area contributed by atoms with Crippen LogP contribution in [0.25, 0.3) is 0 Å². The van der Waals surface area contributed by atoms with Crippen molar-refractivity contribution in [3.63, 3.8) is 0 Å². The second kappa shape index (κ2) is 7.97. The zero-order chi connectivity index (χ0) is 17.8. The van der Waals surface area contributed by atoms with Crippen molar-refractivity contribution in [3.05, 3.63) is 63.6 Å². The van der Waals surface area contributed by atoms with Crippen LogP contribution >= 0.6 is 31.9 Å². The Morgan fingerprint density at radius 2 is 1.96 bits per heavy atom. The first-order chi connectivity index (χ1) is 12.0. The van der Waals surface area contributed by atoms with E-state index in [4.69, 9.17) is 0 Å². The van der Waals surface area contributed by atoms with Crippen molar-refractivity contribution in [3.8, 4) is 0 Å². The van der Waals surface area contributed by atoms with Crippen LogP contribution in [0, 0.1) is 0 Å². The molecule has 25 heavy (non-hydrogen) atoms. The number of carbonyl (C=O) groups excluding carboxylic acids is 1. The predicted molar refractivity (Wildman–Crippen MR) is 103 cm³/mol. The molecule has 1 atom stereocenters. The van der Waals surface area contributed by atoms with Crippen LogP contribution in [0.15, 0.2) is 58.0 Å². The molecule has 1 aromatic carbocycles. The average Bonchev–Trinajstić information content (AvgIpc) is 3.17. The molecule has 1 N–H and O–H groups in total. The summed E-state index contributed by atoms with van der Waals surface area (Å²) >= 11 is 6.75. The lowest BCUT2D eigenvalue weighted by molar-refractivity contribution is -0.119. The van der Waals surface area contributed by atoms with Gasteiger partial charge in [0.05, 0.1) is 27.9 Å². The molecule has 0 saturated heterocycles. The summed E-state index contributed by atoms with van der Waals surface area (Å²) in [4.78, 5) is 12.6. The first-order valence-electron chi connectivity index (χ1n) is 7.82. The van der Waals surface area contributed by atoms with Crippen LogP contribution in [0.4, 0.5) is 5.69 Å². The van der Waals surface area contributed by atoms with Crippen LogP contribution in [-0.2, 0) is 11.3 Å². The molecule has 0 spiro atoms. The van der Waals surface area contributed by atoms with Gasteiger partial charge in [0.25, 0.3) is 0 Å². The van der Waals surface area contributed by atoms with Crippen LogP contribution in [0.3, 0.4) is 0 Å². The summed E-state index contributed by atoms with van der Waals surface area (Å²) in [6.45, 7) is 2.60. The van der Waals surface area contributed by atoms with E-state index in [1.807, 2.05) is 42.1 Å². The predicted octanol–water partition coefficient (Wildman–Crippen LogP) is 4.24. The number of aromatic nitrogens is 4. The average molecular weight is 467 g/mol. The van der Waals surface area contributed by atoms with Gasteiger partial charge in [0.15, 0.2) is 0 Å². The number of hydrogen-bond donors (Lipinski definition) is 1. The van der Waals surface area contributed by atoms with Crippen molar-refractivity contribution in [1.29, 1.82) is 0 Å². The summed E-state index contributed by atoms with van der Waals surface area (Å²) < 4.78 is 5.30. The molecule has 0 saturated carbocycles. The first kappa shape index (κ1) is 17.9. The molecule has 2 heterocycles. The maximum Gasteiger partial charge on any atom is 0.249 e. The van der Waals surface area contributed by atoms with E-state index in [1.54, 1.807) is 23.3 Å². The van der Waals surface area contributed by atoms with Crippen LogP contribution in [0.1, 0.15) is 24.9 Å². The number of nitrogens with zero attached hydrogens (tertiary/aromatic N) is 4. The fourth-order valence-corrected chi connectivity index (χ4v) is 3.19. The lowest BCUT2D eigenvalue weighted by atomic mass is 10.1. The molecule has 6 nitrogen and oxygen atoms in total. The molecule has 0 radical (unpaired) electrons. The van der Waals surface area contributed by atoms with Gasteiger partial charge in [0, 0.05) is 18.1 Å². The summed E-state index contributed by atoms with van der Waals surface area (Å²) in [5.74, 6) is -0.0860. The smallest absolute Gasteiger partial charge is 0.249 e. The second-order valence-corrected chi connectivity index (χ2v) is 7.44. The molecular formula is C17H17Br2N5O. The van der Waals surface area contributed by atoms with Crippen molar-refractivity contribution in [2.24, 2.45) is 0 Å². The fourth-order valence-electron chi connectivity index (χ4n) is 2.56. The molecule has 0 fully saturated rings. The van der Waals surface area contributed by atoms with E-state index >= 15 is 0 Å². The van der Waals surface area contributed by atoms with E-state index in [-0.39, 0.29) is 11.9 Å². The minimum Gasteiger partial charge on any atom is -0.324 e. The zero-order valence-corrected chi connectivity index (χ0v) is 16.7. The topological polar surface area (TPSA) is 64.7 Å². The molecule has 1 amide bonds. The normalized spacial score (nSPS) is 12.1. The van der Waals surface area contributed by atoms with Gasteiger partial charge in [0.2, 0.25) is 5.91 Å². The third kappa shape index (κ3) is 4.58. The molecule has 0 aliphatic carbocycles. The standard InChI is InChI=1S/C17H17Br2N5O/c1-2-16(24-11-14(19)8-21-24)17(25)22-15-5-3-4-12(6-15)9-23-10-13(18)7-20-23/h3-8,10-11,16H,2,9H2,1H3,(H,22,25). The van der Waals surface area contributed by atoms with Gasteiger partial charge in [-0.15, -0.1) is 0 Å². The minimum absolute atomic E-state index is 0.0860. The number of hydrogen-bond acceptors (Lipinski definition) is 3. The van der Waals surface area contributed by atoms with Crippen molar-refractivity contribution in [2.75, 3.05) is 5.32 Å². The summed E-state index contributed by atoms with van der Waals surface area (Å²) in [6.07, 6.45) is 7.80. The molecule has 130 valence electrons. The highest BCUT2D eigenvalue weighted by molar-refractivity contribution is 9.10. The van der Waals surface area contributed by atoms with Crippen LogP contribution in [-0.4, -0.2) is 25.5 Å². The Kier molecular flexibility index (Phi) is 5.70. The second-order valence-electron chi connectivity index (χ2n) is 5.61. The molecule has 2 aromatic heterocycles. The van der Waals surface area contributed by atoms with Gasteiger partial charge in [-0.1, -0.05) is 19.1 Å². The number of nitrogens with one attached hydrogen (secondary N) is 1. The Bertz CT molecular complexity index is 873. The van der Waals surface area contributed by atoms with E-state index in [0.29, 0.717) is 13.0 Å².